The van der Waals surface area contributed by atoms with Crippen molar-refractivity contribution in [3.63, 3.8) is 0 Å². The van der Waals surface area contributed by atoms with Gasteiger partial charge in [0.05, 0.1) is 19.2 Å². The van der Waals surface area contributed by atoms with Crippen LogP contribution in [0.2, 0.25) is 0 Å². The minimum atomic E-state index is -0.0286. The van der Waals surface area contributed by atoms with Gasteiger partial charge in [0.25, 0.3) is 0 Å². The topological polar surface area (TPSA) is 51.3 Å². The molecule has 90 valence electrons. The molecular weight excluding hydrogens is 218 g/mol. The van der Waals surface area contributed by atoms with Crippen LogP contribution in [0.4, 0.5) is 0 Å². The molecule has 4 heteroatoms. The number of fused-ring (bicyclic) bond motifs is 1. The summed E-state index contributed by atoms with van der Waals surface area (Å²) in [6, 6.07) is 5.00. The summed E-state index contributed by atoms with van der Waals surface area (Å²) in [5.41, 5.74) is 0.725. The van der Waals surface area contributed by atoms with E-state index in [4.69, 9.17) is 9.47 Å². The number of hydrogen-bond acceptors (Lipinski definition) is 3. The third-order valence-electron chi connectivity index (χ3n) is 2.50. The van der Waals surface area contributed by atoms with Crippen molar-refractivity contribution in [1.29, 1.82) is 0 Å². The molecule has 1 aromatic heterocycles. The molecule has 1 heterocycles. The van der Waals surface area contributed by atoms with Crippen molar-refractivity contribution >= 4 is 10.9 Å². The fourth-order valence-corrected chi connectivity index (χ4v) is 1.66. The van der Waals surface area contributed by atoms with Crippen LogP contribution < -0.4 is 14.9 Å². The maximum absolute atomic E-state index is 11.7. The number of aromatic amines is 1. The van der Waals surface area contributed by atoms with Gasteiger partial charge in [0, 0.05) is 23.7 Å². The van der Waals surface area contributed by atoms with E-state index in [1.807, 2.05) is 6.92 Å². The normalized spacial score (nSPS) is 10.5. The number of nitrogens with one attached hydrogen (secondary N) is 1. The van der Waals surface area contributed by atoms with Gasteiger partial charge in [0.15, 0.2) is 16.9 Å². The van der Waals surface area contributed by atoms with Crippen LogP contribution in [-0.4, -0.2) is 18.7 Å². The predicted molar refractivity (Wildman–Crippen MR) is 66.9 cm³/mol. The highest BCUT2D eigenvalue weighted by molar-refractivity contribution is 5.82. The summed E-state index contributed by atoms with van der Waals surface area (Å²) in [4.78, 5) is 14.7. The molecule has 17 heavy (non-hydrogen) atoms. The third-order valence-corrected chi connectivity index (χ3v) is 2.50. The first-order chi connectivity index (χ1) is 8.26. The van der Waals surface area contributed by atoms with Crippen LogP contribution in [0.5, 0.6) is 11.5 Å². The molecule has 0 spiro atoms. The number of H-pyrrole nitrogens is 1. The molecule has 0 aliphatic carbocycles. The Morgan fingerprint density at radius 2 is 2.12 bits per heavy atom. The Morgan fingerprint density at radius 1 is 1.29 bits per heavy atom. The highest BCUT2D eigenvalue weighted by Gasteiger charge is 2.08. The summed E-state index contributed by atoms with van der Waals surface area (Å²) >= 11 is 0. The van der Waals surface area contributed by atoms with Crippen molar-refractivity contribution in [2.24, 2.45) is 0 Å². The van der Waals surface area contributed by atoms with Crippen molar-refractivity contribution in [3.05, 3.63) is 34.6 Å². The first-order valence-corrected chi connectivity index (χ1v) is 5.58. The van der Waals surface area contributed by atoms with E-state index in [0.717, 1.165) is 11.9 Å². The molecule has 0 amide bonds. The van der Waals surface area contributed by atoms with Crippen LogP contribution in [0.25, 0.3) is 10.9 Å². The lowest BCUT2D eigenvalue weighted by Crippen LogP contribution is -2.03. The SMILES string of the molecule is CCCOc1cc2[nH]ccc(=O)c2cc1OC. The summed E-state index contributed by atoms with van der Waals surface area (Å²) in [6.07, 6.45) is 2.55. The average molecular weight is 233 g/mol. The maximum Gasteiger partial charge on any atom is 0.189 e. The summed E-state index contributed by atoms with van der Waals surface area (Å²) < 4.78 is 10.8. The summed E-state index contributed by atoms with van der Waals surface area (Å²) in [5, 5.41) is 0.605. The molecule has 0 bridgehead atoms. The quantitative estimate of drug-likeness (QED) is 0.881. The van der Waals surface area contributed by atoms with Gasteiger partial charge >= 0.3 is 0 Å². The molecule has 0 radical (unpaired) electrons. The zero-order chi connectivity index (χ0) is 12.3. The number of ether oxygens (including phenoxy) is 2. The van der Waals surface area contributed by atoms with Crippen LogP contribution in [0.3, 0.4) is 0 Å². The average Bonchev–Trinajstić information content (AvgIpc) is 2.36. The minimum Gasteiger partial charge on any atom is -0.493 e. The van der Waals surface area contributed by atoms with Crippen molar-refractivity contribution in [1.82, 2.24) is 4.98 Å². The van der Waals surface area contributed by atoms with Crippen molar-refractivity contribution < 1.29 is 9.47 Å². The summed E-state index contributed by atoms with van der Waals surface area (Å²) in [7, 11) is 1.57. The van der Waals surface area contributed by atoms with E-state index in [1.54, 1.807) is 25.4 Å². The molecule has 0 saturated heterocycles. The molecule has 0 aliphatic heterocycles. The molecule has 0 aliphatic rings. The monoisotopic (exact) mass is 233 g/mol. The van der Waals surface area contributed by atoms with Gasteiger partial charge in [-0.05, 0) is 12.5 Å². The number of benzene rings is 1. The van der Waals surface area contributed by atoms with Crippen LogP contribution in [-0.2, 0) is 0 Å². The van der Waals surface area contributed by atoms with Crippen LogP contribution in [0, 0.1) is 0 Å². The standard InChI is InChI=1S/C13H15NO3/c1-3-6-17-13-8-10-9(7-12(13)16-2)11(15)4-5-14-10/h4-5,7-8H,3,6H2,1-2H3,(H,14,15). The van der Waals surface area contributed by atoms with Gasteiger partial charge in [0.2, 0.25) is 0 Å². The van der Waals surface area contributed by atoms with E-state index >= 15 is 0 Å². The first-order valence-electron chi connectivity index (χ1n) is 5.58. The van der Waals surface area contributed by atoms with Crippen LogP contribution in [0.1, 0.15) is 13.3 Å². The Labute approximate surface area is 99.2 Å². The zero-order valence-electron chi connectivity index (χ0n) is 9.95. The van der Waals surface area contributed by atoms with E-state index in [9.17, 15) is 4.79 Å². The Balaban J connectivity index is 2.56. The smallest absolute Gasteiger partial charge is 0.189 e. The molecule has 0 saturated carbocycles. The molecule has 1 N–H and O–H groups in total. The second-order valence-electron chi connectivity index (χ2n) is 3.74. The Morgan fingerprint density at radius 3 is 2.82 bits per heavy atom. The largest absolute Gasteiger partial charge is 0.493 e. The van der Waals surface area contributed by atoms with E-state index < -0.39 is 0 Å². The number of hydrogen-bond donors (Lipinski definition) is 1. The van der Waals surface area contributed by atoms with Crippen LogP contribution in [0.15, 0.2) is 29.2 Å². The lowest BCUT2D eigenvalue weighted by Gasteiger charge is -2.10. The minimum absolute atomic E-state index is 0.0286. The second-order valence-corrected chi connectivity index (χ2v) is 3.74. The molecule has 2 aromatic rings. The molecule has 2 rings (SSSR count). The Kier molecular flexibility index (Phi) is 3.32. The van der Waals surface area contributed by atoms with Gasteiger partial charge in [0.1, 0.15) is 0 Å². The Bertz CT molecular complexity index is 574. The Hall–Kier alpha value is -1.97. The molecule has 0 unspecified atom stereocenters. The van der Waals surface area contributed by atoms with E-state index in [1.165, 1.54) is 6.07 Å². The first kappa shape index (κ1) is 11.5. The van der Waals surface area contributed by atoms with Gasteiger partial charge < -0.3 is 14.5 Å². The lowest BCUT2D eigenvalue weighted by molar-refractivity contribution is 0.295. The lowest BCUT2D eigenvalue weighted by atomic mass is 10.2. The van der Waals surface area contributed by atoms with E-state index in [0.29, 0.717) is 23.5 Å². The van der Waals surface area contributed by atoms with Gasteiger partial charge in [-0.2, -0.15) is 0 Å². The number of methoxy groups -OCH3 is 1. The zero-order valence-corrected chi connectivity index (χ0v) is 9.95. The molecule has 4 nitrogen and oxygen atoms in total. The van der Waals surface area contributed by atoms with Gasteiger partial charge in [-0.15, -0.1) is 0 Å². The fraction of sp³-hybridized carbons (Fsp3) is 0.308. The second kappa shape index (κ2) is 4.91. The number of pyridine rings is 1. The molecule has 1 aromatic carbocycles. The van der Waals surface area contributed by atoms with Crippen molar-refractivity contribution in [2.75, 3.05) is 13.7 Å². The number of aromatic nitrogens is 1. The molecular formula is C13H15NO3. The van der Waals surface area contributed by atoms with Gasteiger partial charge in [-0.3, -0.25) is 4.79 Å². The highest BCUT2D eigenvalue weighted by Crippen LogP contribution is 2.30. The highest BCUT2D eigenvalue weighted by atomic mass is 16.5. The summed E-state index contributed by atoms with van der Waals surface area (Å²) in [6.45, 7) is 2.66. The van der Waals surface area contributed by atoms with Crippen LogP contribution >= 0.6 is 0 Å². The van der Waals surface area contributed by atoms with Gasteiger partial charge in [-0.1, -0.05) is 6.92 Å². The van der Waals surface area contributed by atoms with Gasteiger partial charge in [-0.25, -0.2) is 0 Å². The van der Waals surface area contributed by atoms with E-state index in [2.05, 4.69) is 4.98 Å². The number of rotatable bonds is 4. The van der Waals surface area contributed by atoms with Crippen molar-refractivity contribution in [3.8, 4) is 11.5 Å². The predicted octanol–water partition coefficient (Wildman–Crippen LogP) is 2.33. The third kappa shape index (κ3) is 2.25. The maximum atomic E-state index is 11.7. The van der Waals surface area contributed by atoms with E-state index in [-0.39, 0.29) is 5.43 Å². The molecule has 0 atom stereocenters. The summed E-state index contributed by atoms with van der Waals surface area (Å²) in [5.74, 6) is 1.24. The molecule has 0 fully saturated rings. The van der Waals surface area contributed by atoms with Crippen molar-refractivity contribution in [2.45, 2.75) is 13.3 Å². The fourth-order valence-electron chi connectivity index (χ4n) is 1.66.